The fraction of sp³-hybridized carbons (Fsp3) is 0.273. The van der Waals surface area contributed by atoms with Gasteiger partial charge < -0.3 is 19.2 Å². The Morgan fingerprint density at radius 3 is 2.58 bits per heavy atom. The monoisotopic (exact) mass is 280 g/mol. The van der Waals surface area contributed by atoms with Crippen LogP contribution in [0.4, 0.5) is 0 Å². The number of thioether (sulfide) groups is 1. The van der Waals surface area contributed by atoms with E-state index < -0.39 is 7.12 Å². The fourth-order valence-electron chi connectivity index (χ4n) is 1.36. The van der Waals surface area contributed by atoms with Crippen LogP contribution in [0.5, 0.6) is 5.75 Å². The van der Waals surface area contributed by atoms with Crippen LogP contribution < -0.4 is 10.2 Å². The summed E-state index contributed by atoms with van der Waals surface area (Å²) in [6, 6.07) is 6.59. The molecule has 1 aromatic heterocycles. The second-order valence-corrected chi connectivity index (χ2v) is 4.77. The van der Waals surface area contributed by atoms with Gasteiger partial charge in [0.15, 0.2) is 0 Å². The molecule has 19 heavy (non-hydrogen) atoms. The minimum Gasteiger partial charge on any atom is -0.493 e. The first-order valence-corrected chi connectivity index (χ1v) is 6.65. The van der Waals surface area contributed by atoms with Gasteiger partial charge in [0.05, 0.1) is 6.61 Å². The van der Waals surface area contributed by atoms with E-state index in [0.29, 0.717) is 34.7 Å². The van der Waals surface area contributed by atoms with Gasteiger partial charge in [-0.05, 0) is 17.6 Å². The van der Waals surface area contributed by atoms with Crippen molar-refractivity contribution in [2.75, 3.05) is 12.4 Å². The zero-order chi connectivity index (χ0) is 13.7. The summed E-state index contributed by atoms with van der Waals surface area (Å²) in [5.41, 5.74) is 0.433. The number of nitrogens with zero attached hydrogens (tertiary/aromatic N) is 2. The molecule has 0 saturated heterocycles. The van der Waals surface area contributed by atoms with Crippen LogP contribution in [0, 0.1) is 6.92 Å². The molecule has 2 aromatic rings. The second-order valence-electron chi connectivity index (χ2n) is 3.73. The summed E-state index contributed by atoms with van der Waals surface area (Å²) in [5, 5.41) is 26.0. The van der Waals surface area contributed by atoms with Gasteiger partial charge in [-0.25, -0.2) is 0 Å². The van der Waals surface area contributed by atoms with Crippen molar-refractivity contribution < 1.29 is 19.2 Å². The molecule has 6 nitrogen and oxygen atoms in total. The highest BCUT2D eigenvalue weighted by Gasteiger charge is 2.09. The number of benzene rings is 1. The number of aryl methyl sites for hydroxylation is 1. The molecule has 0 aliphatic heterocycles. The summed E-state index contributed by atoms with van der Waals surface area (Å²) >= 11 is 1.42. The lowest BCUT2D eigenvalue weighted by Gasteiger charge is -2.05. The lowest BCUT2D eigenvalue weighted by molar-refractivity contribution is 0.343. The first-order valence-electron chi connectivity index (χ1n) is 5.67. The van der Waals surface area contributed by atoms with Crippen molar-refractivity contribution in [3.05, 3.63) is 30.2 Å². The predicted molar refractivity (Wildman–Crippen MR) is 71.5 cm³/mol. The van der Waals surface area contributed by atoms with Gasteiger partial charge in [-0.3, -0.25) is 0 Å². The standard InChI is InChI=1S/C11H13BN2O4S/c1-8-13-14-11(18-8)19-7-6-17-10-4-2-9(3-5-10)12(15)16/h2-5,15-16H,6-7H2,1H3. The zero-order valence-electron chi connectivity index (χ0n) is 10.3. The molecule has 0 spiro atoms. The molecular formula is C11H13BN2O4S. The van der Waals surface area contributed by atoms with Crippen LogP contribution in [-0.4, -0.2) is 39.7 Å². The fourth-order valence-corrected chi connectivity index (χ4v) is 1.98. The minimum atomic E-state index is -1.45. The molecule has 1 aromatic carbocycles. The quantitative estimate of drug-likeness (QED) is 0.445. The number of aromatic nitrogens is 2. The van der Waals surface area contributed by atoms with E-state index in [1.807, 2.05) is 0 Å². The maximum absolute atomic E-state index is 8.94. The van der Waals surface area contributed by atoms with E-state index in [1.54, 1.807) is 31.2 Å². The Kier molecular flexibility index (Phi) is 4.83. The molecule has 0 radical (unpaired) electrons. The van der Waals surface area contributed by atoms with Crippen LogP contribution in [0.2, 0.25) is 0 Å². The van der Waals surface area contributed by atoms with E-state index >= 15 is 0 Å². The van der Waals surface area contributed by atoms with Crippen LogP contribution in [0.25, 0.3) is 0 Å². The first-order chi connectivity index (χ1) is 9.15. The summed E-state index contributed by atoms with van der Waals surface area (Å²) < 4.78 is 10.7. The molecular weight excluding hydrogens is 267 g/mol. The van der Waals surface area contributed by atoms with E-state index in [9.17, 15) is 0 Å². The molecule has 2 N–H and O–H groups in total. The Hall–Kier alpha value is -1.51. The maximum Gasteiger partial charge on any atom is 0.488 e. The smallest absolute Gasteiger partial charge is 0.488 e. The van der Waals surface area contributed by atoms with Gasteiger partial charge >= 0.3 is 7.12 Å². The van der Waals surface area contributed by atoms with Crippen LogP contribution in [0.15, 0.2) is 33.9 Å². The topological polar surface area (TPSA) is 88.6 Å². The summed E-state index contributed by atoms with van der Waals surface area (Å²) in [4.78, 5) is 0. The van der Waals surface area contributed by atoms with Crippen molar-refractivity contribution in [2.24, 2.45) is 0 Å². The lowest BCUT2D eigenvalue weighted by atomic mass is 9.80. The highest BCUT2D eigenvalue weighted by molar-refractivity contribution is 7.99. The molecule has 0 bridgehead atoms. The lowest BCUT2D eigenvalue weighted by Crippen LogP contribution is -2.29. The number of hydrogen-bond acceptors (Lipinski definition) is 7. The van der Waals surface area contributed by atoms with Crippen LogP contribution in [0.1, 0.15) is 5.89 Å². The molecule has 8 heteroatoms. The van der Waals surface area contributed by atoms with Crippen molar-refractivity contribution in [1.29, 1.82) is 0 Å². The highest BCUT2D eigenvalue weighted by Crippen LogP contribution is 2.16. The molecule has 1 heterocycles. The molecule has 0 aliphatic carbocycles. The number of hydrogen-bond donors (Lipinski definition) is 2. The van der Waals surface area contributed by atoms with E-state index in [-0.39, 0.29) is 0 Å². The van der Waals surface area contributed by atoms with Gasteiger partial charge in [-0.1, -0.05) is 23.9 Å². The Morgan fingerprint density at radius 1 is 1.26 bits per heavy atom. The Bertz CT molecular complexity index is 518. The van der Waals surface area contributed by atoms with E-state index in [4.69, 9.17) is 19.2 Å². The van der Waals surface area contributed by atoms with Gasteiger partial charge in [0.25, 0.3) is 5.22 Å². The Morgan fingerprint density at radius 2 is 2.00 bits per heavy atom. The van der Waals surface area contributed by atoms with E-state index in [0.717, 1.165) is 0 Å². The van der Waals surface area contributed by atoms with Gasteiger partial charge in [0.2, 0.25) is 5.89 Å². The van der Waals surface area contributed by atoms with Gasteiger partial charge in [0, 0.05) is 12.7 Å². The van der Waals surface area contributed by atoms with Crippen molar-refractivity contribution in [3.63, 3.8) is 0 Å². The SMILES string of the molecule is Cc1nnc(SCCOc2ccc(B(O)O)cc2)o1. The Balaban J connectivity index is 1.73. The first kappa shape index (κ1) is 13.9. The highest BCUT2D eigenvalue weighted by atomic mass is 32.2. The summed E-state index contributed by atoms with van der Waals surface area (Å²) in [7, 11) is -1.45. The molecule has 100 valence electrons. The van der Waals surface area contributed by atoms with Gasteiger partial charge in [0.1, 0.15) is 5.75 Å². The molecule has 0 atom stereocenters. The molecule has 0 aliphatic rings. The largest absolute Gasteiger partial charge is 0.493 e. The molecule has 0 amide bonds. The van der Waals surface area contributed by atoms with Gasteiger partial charge in [-0.2, -0.15) is 0 Å². The van der Waals surface area contributed by atoms with Crippen molar-refractivity contribution >= 4 is 24.3 Å². The molecule has 2 rings (SSSR count). The van der Waals surface area contributed by atoms with Crippen LogP contribution in [-0.2, 0) is 0 Å². The third-order valence-electron chi connectivity index (χ3n) is 2.26. The molecule has 0 unspecified atom stereocenters. The van der Waals surface area contributed by atoms with Crippen molar-refractivity contribution in [3.8, 4) is 5.75 Å². The zero-order valence-corrected chi connectivity index (χ0v) is 11.1. The molecule has 0 saturated carbocycles. The maximum atomic E-state index is 8.94. The average molecular weight is 280 g/mol. The van der Waals surface area contributed by atoms with E-state index in [1.165, 1.54) is 11.8 Å². The average Bonchev–Trinajstić information content (AvgIpc) is 2.81. The number of ether oxygens (including phenoxy) is 1. The van der Waals surface area contributed by atoms with Crippen LogP contribution >= 0.6 is 11.8 Å². The second kappa shape index (κ2) is 6.60. The van der Waals surface area contributed by atoms with Crippen molar-refractivity contribution in [2.45, 2.75) is 12.1 Å². The number of rotatable bonds is 6. The summed E-state index contributed by atoms with van der Waals surface area (Å²) in [5.74, 6) is 1.90. The van der Waals surface area contributed by atoms with Crippen molar-refractivity contribution in [1.82, 2.24) is 10.2 Å². The van der Waals surface area contributed by atoms with Crippen LogP contribution in [0.3, 0.4) is 0 Å². The summed E-state index contributed by atoms with van der Waals surface area (Å²) in [6.45, 7) is 2.23. The summed E-state index contributed by atoms with van der Waals surface area (Å²) in [6.07, 6.45) is 0. The minimum absolute atomic E-state index is 0.433. The third kappa shape index (κ3) is 4.27. The van der Waals surface area contributed by atoms with Gasteiger partial charge in [-0.15, -0.1) is 10.2 Å². The van der Waals surface area contributed by atoms with E-state index in [2.05, 4.69) is 10.2 Å². The third-order valence-corrected chi connectivity index (χ3v) is 3.05. The predicted octanol–water partition coefficient (Wildman–Crippen LogP) is 0.229. The Labute approximate surface area is 115 Å². The normalized spacial score (nSPS) is 10.5. The molecule has 0 fully saturated rings.